The van der Waals surface area contributed by atoms with Gasteiger partial charge >= 0.3 is 0 Å². The molecular formula is C30H45N5O4S. The normalized spacial score (nSPS) is 16.8. The number of aliphatic hydroxyl groups is 1. The Morgan fingerprint density at radius 3 is 2.42 bits per heavy atom. The number of nitrogens with zero attached hydrogens (tertiary/aromatic N) is 2. The van der Waals surface area contributed by atoms with E-state index in [4.69, 9.17) is 0 Å². The maximum absolute atomic E-state index is 13.6. The van der Waals surface area contributed by atoms with Crippen molar-refractivity contribution in [3.63, 3.8) is 0 Å². The van der Waals surface area contributed by atoms with E-state index in [1.54, 1.807) is 16.2 Å². The third-order valence-corrected chi connectivity index (χ3v) is 8.27. The van der Waals surface area contributed by atoms with Gasteiger partial charge in [0.1, 0.15) is 12.1 Å². The van der Waals surface area contributed by atoms with Crippen molar-refractivity contribution in [2.75, 3.05) is 19.7 Å². The molecule has 10 heteroatoms. The lowest BCUT2D eigenvalue weighted by Gasteiger charge is -2.31. The van der Waals surface area contributed by atoms with E-state index in [1.165, 1.54) is 0 Å². The largest absolute Gasteiger partial charge is 0.394 e. The minimum absolute atomic E-state index is 0.116. The Morgan fingerprint density at radius 2 is 1.82 bits per heavy atom. The second-order valence-corrected chi connectivity index (χ2v) is 12.0. The maximum atomic E-state index is 13.6. The molecule has 3 rings (SSSR count). The Bertz CT molecular complexity index is 1120. The molecule has 1 fully saturated rings. The number of amides is 3. The summed E-state index contributed by atoms with van der Waals surface area (Å²) in [6, 6.07) is 6.22. The molecule has 2 aromatic rings. The first kappa shape index (κ1) is 31.7. The Balaban J connectivity index is 1.60. The van der Waals surface area contributed by atoms with Gasteiger partial charge in [-0.3, -0.25) is 14.4 Å². The van der Waals surface area contributed by atoms with E-state index in [2.05, 4.69) is 34.8 Å². The van der Waals surface area contributed by atoms with Crippen LogP contribution in [0.5, 0.6) is 0 Å². The third-order valence-electron chi connectivity index (χ3n) is 7.29. The molecule has 1 aliphatic heterocycles. The standard InChI is InChI=1S/C30H45N5O4S/c1-19(2)27(34-26(37)10-6-7-15-31-20(3)4)30(39)35-16-8-9-25(35)29(38)33-24(17-36)22-11-13-23(14-12-22)28-21(5)32-18-40-28/h11-14,18-20,24-25,27,31,36H,6-10,15-17H2,1-5H3,(H,33,38)(H,34,37). The molecule has 2 heterocycles. The first-order valence-electron chi connectivity index (χ1n) is 14.4. The Kier molecular flexibility index (Phi) is 12.1. The Hall–Kier alpha value is -2.82. The fraction of sp³-hybridized carbons (Fsp3) is 0.600. The molecule has 4 N–H and O–H groups in total. The number of benzene rings is 1. The number of likely N-dealkylation sites (tertiary alicyclic amines) is 1. The van der Waals surface area contributed by atoms with Gasteiger partial charge in [0.15, 0.2) is 0 Å². The molecule has 1 aromatic heterocycles. The van der Waals surface area contributed by atoms with Crippen LogP contribution in [0, 0.1) is 12.8 Å². The molecule has 1 saturated heterocycles. The molecule has 1 aromatic carbocycles. The van der Waals surface area contributed by atoms with Crippen LogP contribution in [0.4, 0.5) is 0 Å². The highest BCUT2D eigenvalue weighted by atomic mass is 32.1. The van der Waals surface area contributed by atoms with Crippen LogP contribution < -0.4 is 16.0 Å². The van der Waals surface area contributed by atoms with E-state index in [9.17, 15) is 19.5 Å². The van der Waals surface area contributed by atoms with Crippen LogP contribution in [0.3, 0.4) is 0 Å². The van der Waals surface area contributed by atoms with E-state index in [1.807, 2.05) is 50.5 Å². The summed E-state index contributed by atoms with van der Waals surface area (Å²) in [7, 11) is 0. The highest BCUT2D eigenvalue weighted by Crippen LogP contribution is 2.28. The van der Waals surface area contributed by atoms with E-state index in [0.29, 0.717) is 31.8 Å². The lowest BCUT2D eigenvalue weighted by Crippen LogP contribution is -2.55. The topological polar surface area (TPSA) is 124 Å². The molecular weight excluding hydrogens is 526 g/mol. The van der Waals surface area contributed by atoms with Crippen molar-refractivity contribution in [1.82, 2.24) is 25.8 Å². The summed E-state index contributed by atoms with van der Waals surface area (Å²) >= 11 is 1.57. The second kappa shape index (κ2) is 15.3. The Labute approximate surface area is 242 Å². The number of rotatable bonds is 14. The smallest absolute Gasteiger partial charge is 0.246 e. The number of nitrogens with one attached hydrogen (secondary N) is 3. The summed E-state index contributed by atoms with van der Waals surface area (Å²) in [6.07, 6.45) is 3.24. The van der Waals surface area contributed by atoms with Gasteiger partial charge in [-0.15, -0.1) is 11.3 Å². The van der Waals surface area contributed by atoms with Crippen LogP contribution in [0.25, 0.3) is 10.4 Å². The van der Waals surface area contributed by atoms with Gasteiger partial charge in [0.05, 0.1) is 28.7 Å². The zero-order valence-electron chi connectivity index (χ0n) is 24.4. The number of thiazole rings is 1. The summed E-state index contributed by atoms with van der Waals surface area (Å²) in [6.45, 7) is 11.0. The van der Waals surface area contributed by atoms with E-state index >= 15 is 0 Å². The van der Waals surface area contributed by atoms with Crippen molar-refractivity contribution >= 4 is 29.1 Å². The molecule has 0 saturated carbocycles. The minimum Gasteiger partial charge on any atom is -0.394 e. The monoisotopic (exact) mass is 571 g/mol. The highest BCUT2D eigenvalue weighted by molar-refractivity contribution is 7.13. The van der Waals surface area contributed by atoms with E-state index in [0.717, 1.165) is 41.1 Å². The van der Waals surface area contributed by atoms with Crippen LogP contribution in [0.1, 0.15) is 77.1 Å². The fourth-order valence-electron chi connectivity index (χ4n) is 4.99. The number of aryl methyl sites for hydroxylation is 1. The van der Waals surface area contributed by atoms with Crippen molar-refractivity contribution in [3.05, 3.63) is 41.0 Å². The number of aromatic nitrogens is 1. The van der Waals surface area contributed by atoms with Crippen LogP contribution >= 0.6 is 11.3 Å². The van der Waals surface area contributed by atoms with Gasteiger partial charge in [-0.05, 0) is 56.2 Å². The van der Waals surface area contributed by atoms with Gasteiger partial charge in [0.25, 0.3) is 0 Å². The number of hydrogen-bond donors (Lipinski definition) is 4. The SMILES string of the molecule is Cc1ncsc1-c1ccc(C(CO)NC(=O)C2CCCN2C(=O)C(NC(=O)CCCCNC(C)C)C(C)C)cc1. The number of carbonyl (C=O) groups is 3. The van der Waals surface area contributed by atoms with Crippen LogP contribution in [-0.4, -0.2) is 70.5 Å². The molecule has 3 unspecified atom stereocenters. The summed E-state index contributed by atoms with van der Waals surface area (Å²) < 4.78 is 0. The average Bonchev–Trinajstić information content (AvgIpc) is 3.59. The summed E-state index contributed by atoms with van der Waals surface area (Å²) in [5.74, 6) is -0.783. The van der Waals surface area contributed by atoms with Crippen molar-refractivity contribution < 1.29 is 19.5 Å². The van der Waals surface area contributed by atoms with Gasteiger partial charge in [-0.2, -0.15) is 0 Å². The van der Waals surface area contributed by atoms with Crippen LogP contribution in [0.2, 0.25) is 0 Å². The lowest BCUT2D eigenvalue weighted by atomic mass is 10.0. The predicted octanol–water partition coefficient (Wildman–Crippen LogP) is 3.57. The first-order valence-corrected chi connectivity index (χ1v) is 15.2. The Morgan fingerprint density at radius 1 is 1.10 bits per heavy atom. The van der Waals surface area contributed by atoms with Crippen molar-refractivity contribution in [2.45, 2.75) is 90.9 Å². The van der Waals surface area contributed by atoms with Crippen molar-refractivity contribution in [2.24, 2.45) is 5.92 Å². The van der Waals surface area contributed by atoms with Gasteiger partial charge < -0.3 is 26.0 Å². The molecule has 40 heavy (non-hydrogen) atoms. The van der Waals surface area contributed by atoms with Crippen molar-refractivity contribution in [3.8, 4) is 10.4 Å². The molecule has 0 aliphatic carbocycles. The van der Waals surface area contributed by atoms with Gasteiger partial charge in [0, 0.05) is 19.0 Å². The maximum Gasteiger partial charge on any atom is 0.246 e. The molecule has 1 aliphatic rings. The number of aliphatic hydroxyl groups excluding tert-OH is 1. The zero-order valence-corrected chi connectivity index (χ0v) is 25.2. The number of carbonyl (C=O) groups excluding carboxylic acids is 3. The summed E-state index contributed by atoms with van der Waals surface area (Å²) in [4.78, 5) is 46.5. The molecule has 3 amide bonds. The third kappa shape index (κ3) is 8.59. The number of hydrogen-bond acceptors (Lipinski definition) is 7. The number of unbranched alkanes of at least 4 members (excludes halogenated alkanes) is 1. The fourth-order valence-corrected chi connectivity index (χ4v) is 5.80. The van der Waals surface area contributed by atoms with Crippen LogP contribution in [-0.2, 0) is 14.4 Å². The highest BCUT2D eigenvalue weighted by Gasteiger charge is 2.39. The molecule has 220 valence electrons. The zero-order chi connectivity index (χ0) is 29.2. The summed E-state index contributed by atoms with van der Waals surface area (Å²) in [5, 5.41) is 19.3. The van der Waals surface area contributed by atoms with Crippen LogP contribution in [0.15, 0.2) is 29.8 Å². The van der Waals surface area contributed by atoms with Gasteiger partial charge in [0.2, 0.25) is 17.7 Å². The van der Waals surface area contributed by atoms with Gasteiger partial charge in [-0.1, -0.05) is 52.0 Å². The predicted molar refractivity (Wildman–Crippen MR) is 159 cm³/mol. The molecule has 9 nitrogen and oxygen atoms in total. The first-order chi connectivity index (χ1) is 19.1. The molecule has 0 bridgehead atoms. The average molecular weight is 572 g/mol. The molecule has 0 radical (unpaired) electrons. The van der Waals surface area contributed by atoms with Crippen molar-refractivity contribution in [1.29, 1.82) is 0 Å². The van der Waals surface area contributed by atoms with E-state index < -0.39 is 18.1 Å². The quantitative estimate of drug-likeness (QED) is 0.257. The molecule has 0 spiro atoms. The lowest BCUT2D eigenvalue weighted by molar-refractivity contribution is -0.142. The van der Waals surface area contributed by atoms with Gasteiger partial charge in [-0.25, -0.2) is 4.98 Å². The second-order valence-electron chi connectivity index (χ2n) is 11.2. The molecule has 3 atom stereocenters. The minimum atomic E-state index is -0.689. The van der Waals surface area contributed by atoms with E-state index in [-0.39, 0.29) is 30.2 Å². The summed E-state index contributed by atoms with van der Waals surface area (Å²) in [5.41, 5.74) is 4.60.